The molecule has 2 unspecified atom stereocenters. The number of rotatable bonds is 6. The lowest BCUT2D eigenvalue weighted by atomic mass is 10.0. The average molecular weight is 351 g/mol. The summed E-state index contributed by atoms with van der Waals surface area (Å²) >= 11 is 12.0. The second-order valence-corrected chi connectivity index (χ2v) is 6.47. The van der Waals surface area contributed by atoms with Crippen LogP contribution in [0.15, 0.2) is 48.5 Å². The third-order valence-corrected chi connectivity index (χ3v) is 4.17. The van der Waals surface area contributed by atoms with Crippen molar-refractivity contribution in [1.29, 1.82) is 0 Å². The molecule has 1 amide bonds. The standard InChI is InChI=1S/C18H20Cl2N2O/c1-12(9-14-7-8-15(19)10-16(14)20)22-18(23)11-17(21)13-5-3-2-4-6-13/h2-8,10,12,17H,9,11,21H2,1H3,(H,22,23). The van der Waals surface area contributed by atoms with Gasteiger partial charge in [-0.15, -0.1) is 0 Å². The fourth-order valence-electron chi connectivity index (χ4n) is 2.42. The molecule has 0 aliphatic rings. The van der Waals surface area contributed by atoms with Crippen molar-refractivity contribution in [3.05, 3.63) is 69.7 Å². The Labute approximate surface area is 146 Å². The molecule has 0 fully saturated rings. The second kappa shape index (κ2) is 8.34. The predicted molar refractivity (Wildman–Crippen MR) is 95.8 cm³/mol. The maximum absolute atomic E-state index is 12.1. The molecule has 0 heterocycles. The van der Waals surface area contributed by atoms with Gasteiger partial charge in [-0.3, -0.25) is 4.79 Å². The van der Waals surface area contributed by atoms with Gasteiger partial charge in [0.25, 0.3) is 0 Å². The van der Waals surface area contributed by atoms with Crippen molar-refractivity contribution in [3.8, 4) is 0 Å². The van der Waals surface area contributed by atoms with Crippen LogP contribution >= 0.6 is 23.2 Å². The van der Waals surface area contributed by atoms with Gasteiger partial charge in [-0.05, 0) is 36.6 Å². The van der Waals surface area contributed by atoms with Crippen LogP contribution in [0.25, 0.3) is 0 Å². The van der Waals surface area contributed by atoms with E-state index in [4.69, 9.17) is 28.9 Å². The minimum absolute atomic E-state index is 0.0378. The Morgan fingerprint density at radius 2 is 1.87 bits per heavy atom. The van der Waals surface area contributed by atoms with Crippen LogP contribution in [0.1, 0.15) is 30.5 Å². The van der Waals surface area contributed by atoms with Crippen molar-refractivity contribution in [2.75, 3.05) is 0 Å². The molecule has 2 atom stereocenters. The van der Waals surface area contributed by atoms with Crippen LogP contribution in [-0.4, -0.2) is 11.9 Å². The summed E-state index contributed by atoms with van der Waals surface area (Å²) in [5, 5.41) is 4.17. The van der Waals surface area contributed by atoms with Crippen molar-refractivity contribution in [3.63, 3.8) is 0 Å². The monoisotopic (exact) mass is 350 g/mol. The highest BCUT2D eigenvalue weighted by Crippen LogP contribution is 2.22. The van der Waals surface area contributed by atoms with Crippen molar-refractivity contribution < 1.29 is 4.79 Å². The number of hydrogen-bond acceptors (Lipinski definition) is 2. The van der Waals surface area contributed by atoms with Gasteiger partial charge >= 0.3 is 0 Å². The van der Waals surface area contributed by atoms with Gasteiger partial charge in [0.1, 0.15) is 0 Å². The van der Waals surface area contributed by atoms with E-state index in [1.165, 1.54) is 0 Å². The molecule has 3 N–H and O–H groups in total. The molecule has 2 aromatic carbocycles. The Morgan fingerprint density at radius 3 is 2.52 bits per heavy atom. The quantitative estimate of drug-likeness (QED) is 0.822. The number of halogens is 2. The van der Waals surface area contributed by atoms with Crippen LogP contribution < -0.4 is 11.1 Å². The lowest BCUT2D eigenvalue weighted by Crippen LogP contribution is -2.35. The van der Waals surface area contributed by atoms with Crippen molar-refractivity contribution >= 4 is 29.1 Å². The van der Waals surface area contributed by atoms with Gasteiger partial charge in [0.15, 0.2) is 0 Å². The molecule has 122 valence electrons. The molecule has 0 aliphatic heterocycles. The summed E-state index contributed by atoms with van der Waals surface area (Å²) in [7, 11) is 0. The van der Waals surface area contributed by atoms with Gasteiger partial charge in [0.2, 0.25) is 5.91 Å². The van der Waals surface area contributed by atoms with Gasteiger partial charge in [-0.1, -0.05) is 59.6 Å². The SMILES string of the molecule is CC(Cc1ccc(Cl)cc1Cl)NC(=O)CC(N)c1ccccc1. The summed E-state index contributed by atoms with van der Waals surface area (Å²) in [5.74, 6) is -0.0704. The molecule has 2 rings (SSSR count). The van der Waals surface area contributed by atoms with Gasteiger partial charge in [-0.2, -0.15) is 0 Å². The van der Waals surface area contributed by atoms with E-state index in [0.29, 0.717) is 16.5 Å². The van der Waals surface area contributed by atoms with Crippen LogP contribution in [-0.2, 0) is 11.2 Å². The van der Waals surface area contributed by atoms with E-state index < -0.39 is 0 Å². The van der Waals surface area contributed by atoms with E-state index in [1.807, 2.05) is 43.3 Å². The zero-order valence-corrected chi connectivity index (χ0v) is 14.4. The lowest BCUT2D eigenvalue weighted by molar-refractivity contribution is -0.122. The highest BCUT2D eigenvalue weighted by Gasteiger charge is 2.14. The third kappa shape index (κ3) is 5.54. The zero-order chi connectivity index (χ0) is 16.8. The average Bonchev–Trinajstić information content (AvgIpc) is 2.50. The number of nitrogens with one attached hydrogen (secondary N) is 1. The largest absolute Gasteiger partial charge is 0.353 e. The summed E-state index contributed by atoms with van der Waals surface area (Å²) in [6.45, 7) is 1.94. The molecule has 0 spiro atoms. The van der Waals surface area contributed by atoms with Crippen molar-refractivity contribution in [2.45, 2.75) is 31.8 Å². The maximum atomic E-state index is 12.1. The van der Waals surface area contributed by atoms with E-state index in [9.17, 15) is 4.79 Å². The molecular formula is C18H20Cl2N2O. The van der Waals surface area contributed by atoms with Crippen LogP contribution in [0.3, 0.4) is 0 Å². The summed E-state index contributed by atoms with van der Waals surface area (Å²) in [4.78, 5) is 12.1. The number of hydrogen-bond donors (Lipinski definition) is 2. The summed E-state index contributed by atoms with van der Waals surface area (Å²) in [6, 6.07) is 14.6. The van der Waals surface area contributed by atoms with Crippen molar-refractivity contribution in [1.82, 2.24) is 5.32 Å². The molecule has 23 heavy (non-hydrogen) atoms. The Hall–Kier alpha value is -1.55. The van der Waals surface area contributed by atoms with Crippen LogP contribution in [0, 0.1) is 0 Å². The predicted octanol–water partition coefficient (Wildman–Crippen LogP) is 4.13. The Kier molecular flexibility index (Phi) is 6.46. The molecule has 5 heteroatoms. The van der Waals surface area contributed by atoms with E-state index in [1.54, 1.807) is 12.1 Å². The highest BCUT2D eigenvalue weighted by molar-refractivity contribution is 6.35. The Morgan fingerprint density at radius 1 is 1.17 bits per heavy atom. The fourth-order valence-corrected chi connectivity index (χ4v) is 2.91. The molecule has 0 radical (unpaired) electrons. The van der Waals surface area contributed by atoms with Crippen molar-refractivity contribution in [2.24, 2.45) is 5.73 Å². The summed E-state index contributed by atoms with van der Waals surface area (Å²) in [6.07, 6.45) is 0.894. The molecule has 2 aromatic rings. The molecule has 3 nitrogen and oxygen atoms in total. The number of nitrogens with two attached hydrogens (primary N) is 1. The summed E-state index contributed by atoms with van der Waals surface area (Å²) in [5.41, 5.74) is 7.98. The Bertz CT molecular complexity index is 661. The van der Waals surface area contributed by atoms with E-state index >= 15 is 0 Å². The normalized spacial score (nSPS) is 13.4. The topological polar surface area (TPSA) is 55.1 Å². The van der Waals surface area contributed by atoms with E-state index in [-0.39, 0.29) is 24.4 Å². The van der Waals surface area contributed by atoms with Gasteiger partial charge in [0.05, 0.1) is 0 Å². The molecule has 0 aliphatic carbocycles. The van der Waals surface area contributed by atoms with E-state index in [0.717, 1.165) is 11.1 Å². The first-order valence-corrected chi connectivity index (χ1v) is 8.25. The first-order valence-electron chi connectivity index (χ1n) is 7.49. The highest BCUT2D eigenvalue weighted by atomic mass is 35.5. The molecule has 0 aromatic heterocycles. The lowest BCUT2D eigenvalue weighted by Gasteiger charge is -2.17. The number of carbonyl (C=O) groups is 1. The van der Waals surface area contributed by atoms with Gasteiger partial charge < -0.3 is 11.1 Å². The molecular weight excluding hydrogens is 331 g/mol. The number of benzene rings is 2. The molecule has 0 saturated carbocycles. The smallest absolute Gasteiger partial charge is 0.222 e. The number of amides is 1. The maximum Gasteiger partial charge on any atom is 0.222 e. The summed E-state index contributed by atoms with van der Waals surface area (Å²) < 4.78 is 0. The van der Waals surface area contributed by atoms with Crippen LogP contribution in [0.2, 0.25) is 10.0 Å². The molecule has 0 bridgehead atoms. The van der Waals surface area contributed by atoms with Gasteiger partial charge in [0, 0.05) is 28.5 Å². The second-order valence-electron chi connectivity index (χ2n) is 5.63. The third-order valence-electron chi connectivity index (χ3n) is 3.58. The first kappa shape index (κ1) is 17.8. The van der Waals surface area contributed by atoms with Gasteiger partial charge in [-0.25, -0.2) is 0 Å². The Balaban J connectivity index is 1.87. The van der Waals surface area contributed by atoms with Crippen LogP contribution in [0.5, 0.6) is 0 Å². The fraction of sp³-hybridized carbons (Fsp3) is 0.278. The van der Waals surface area contributed by atoms with Crippen LogP contribution in [0.4, 0.5) is 0 Å². The number of carbonyl (C=O) groups excluding carboxylic acids is 1. The zero-order valence-electron chi connectivity index (χ0n) is 12.9. The molecule has 0 saturated heterocycles. The minimum Gasteiger partial charge on any atom is -0.353 e. The first-order chi connectivity index (χ1) is 11.0. The van der Waals surface area contributed by atoms with E-state index in [2.05, 4.69) is 5.32 Å². The minimum atomic E-state index is -0.303.